The van der Waals surface area contributed by atoms with E-state index in [0.29, 0.717) is 11.3 Å². The molecular formula is C35H28N6O. The molecule has 7 nitrogen and oxygen atoms in total. The summed E-state index contributed by atoms with van der Waals surface area (Å²) in [6, 6.07) is 24.1. The van der Waals surface area contributed by atoms with E-state index in [4.69, 9.17) is 9.97 Å². The predicted molar refractivity (Wildman–Crippen MR) is 169 cm³/mol. The second-order valence-electron chi connectivity index (χ2n) is 10.6. The lowest BCUT2D eigenvalue weighted by Crippen LogP contribution is -2.24. The van der Waals surface area contributed by atoms with Crippen LogP contribution in [0.1, 0.15) is 38.3 Å². The lowest BCUT2D eigenvalue weighted by molar-refractivity contribution is 0.100. The van der Waals surface area contributed by atoms with E-state index < -0.39 is 0 Å². The van der Waals surface area contributed by atoms with Gasteiger partial charge in [-0.1, -0.05) is 48.5 Å². The van der Waals surface area contributed by atoms with Crippen LogP contribution in [0.5, 0.6) is 0 Å². The van der Waals surface area contributed by atoms with Gasteiger partial charge >= 0.3 is 0 Å². The highest BCUT2D eigenvalue weighted by Gasteiger charge is 2.39. The SMILES string of the molecule is Cc1cccc(C)c1N1C(=C/C=C2/C=NC(=O)c3cccnc32)N(c2c(C)cccc2C)c2nc3ccccc3nc21. The van der Waals surface area contributed by atoms with E-state index in [9.17, 15) is 4.79 Å². The molecule has 2 aliphatic heterocycles. The lowest BCUT2D eigenvalue weighted by Gasteiger charge is -2.28. The Morgan fingerprint density at radius 3 is 1.74 bits per heavy atom. The van der Waals surface area contributed by atoms with Crippen LogP contribution in [0, 0.1) is 27.7 Å². The number of rotatable bonds is 3. The Labute approximate surface area is 244 Å². The number of allylic oxidation sites excluding steroid dienone is 3. The molecular weight excluding hydrogens is 520 g/mol. The summed E-state index contributed by atoms with van der Waals surface area (Å²) < 4.78 is 0. The number of aliphatic imine (C=N–C) groups is 1. The van der Waals surface area contributed by atoms with E-state index in [-0.39, 0.29) is 5.91 Å². The second-order valence-corrected chi connectivity index (χ2v) is 10.6. The van der Waals surface area contributed by atoms with Crippen molar-refractivity contribution in [3.8, 4) is 0 Å². The van der Waals surface area contributed by atoms with Gasteiger partial charge in [0.25, 0.3) is 5.91 Å². The predicted octanol–water partition coefficient (Wildman–Crippen LogP) is 7.70. The van der Waals surface area contributed by atoms with Crippen LogP contribution in [0.25, 0.3) is 16.6 Å². The highest BCUT2D eigenvalue weighted by atomic mass is 16.1. The van der Waals surface area contributed by atoms with Crippen molar-refractivity contribution in [3.63, 3.8) is 0 Å². The van der Waals surface area contributed by atoms with Crippen LogP contribution in [0.2, 0.25) is 0 Å². The third kappa shape index (κ3) is 4.01. The molecule has 0 aliphatic carbocycles. The maximum absolute atomic E-state index is 12.5. The second kappa shape index (κ2) is 9.89. The fourth-order valence-electron chi connectivity index (χ4n) is 5.86. The van der Waals surface area contributed by atoms with Crippen molar-refractivity contribution in [3.05, 3.63) is 130 Å². The van der Waals surface area contributed by atoms with E-state index >= 15 is 0 Å². The third-order valence-electron chi connectivity index (χ3n) is 7.79. The van der Waals surface area contributed by atoms with Crippen LogP contribution in [0.3, 0.4) is 0 Å². The number of hydrogen-bond donors (Lipinski definition) is 0. The Kier molecular flexibility index (Phi) is 6.01. The van der Waals surface area contributed by atoms with Crippen LogP contribution >= 0.6 is 0 Å². The molecule has 0 atom stereocenters. The number of anilines is 4. The normalized spacial score (nSPS) is 15.0. The average Bonchev–Trinajstić information content (AvgIpc) is 3.28. The number of nitrogens with zero attached hydrogens (tertiary/aromatic N) is 6. The van der Waals surface area contributed by atoms with Crippen LogP contribution in [0.15, 0.2) is 102 Å². The van der Waals surface area contributed by atoms with Gasteiger partial charge in [0.05, 0.1) is 33.7 Å². The first-order valence-corrected chi connectivity index (χ1v) is 13.9. The summed E-state index contributed by atoms with van der Waals surface area (Å²) in [5, 5.41) is 0. The number of pyridine rings is 1. The third-order valence-corrected chi connectivity index (χ3v) is 7.79. The van der Waals surface area contributed by atoms with Crippen molar-refractivity contribution in [1.29, 1.82) is 0 Å². The number of para-hydroxylation sites is 4. The standard InChI is InChI=1S/C35H28N6O/c1-21-10-7-11-22(2)31(21)40-29(18-17-25-20-37-35(42)26-14-9-19-36-30(25)26)41(32-23(3)12-8-13-24(32)4)34-33(40)38-27-15-5-6-16-28(27)39-34/h5-20H,1-4H3/b25-17-. The summed E-state index contributed by atoms with van der Waals surface area (Å²) in [4.78, 5) is 35.9. The topological polar surface area (TPSA) is 74.6 Å². The maximum atomic E-state index is 12.5. The lowest BCUT2D eigenvalue weighted by atomic mass is 10.0. The number of carbonyl (C=O) groups is 1. The Bertz CT molecular complexity index is 1880. The van der Waals surface area contributed by atoms with E-state index in [1.54, 1.807) is 24.5 Å². The zero-order valence-corrected chi connectivity index (χ0v) is 23.8. The molecule has 4 heterocycles. The first-order chi connectivity index (χ1) is 20.4. The minimum atomic E-state index is -0.286. The summed E-state index contributed by atoms with van der Waals surface area (Å²) >= 11 is 0. The van der Waals surface area contributed by atoms with Crippen LogP contribution in [-0.2, 0) is 0 Å². The molecule has 7 rings (SSSR count). The molecule has 3 aromatic carbocycles. The van der Waals surface area contributed by atoms with E-state index in [2.05, 4.69) is 89.9 Å². The fraction of sp³-hybridized carbons (Fsp3) is 0.114. The van der Waals surface area contributed by atoms with Gasteiger partial charge in [0.15, 0.2) is 11.6 Å². The highest BCUT2D eigenvalue weighted by Crippen LogP contribution is 2.51. The maximum Gasteiger partial charge on any atom is 0.279 e. The van der Waals surface area contributed by atoms with Crippen LogP contribution < -0.4 is 9.80 Å². The highest BCUT2D eigenvalue weighted by molar-refractivity contribution is 6.21. The molecule has 204 valence electrons. The van der Waals surface area contributed by atoms with Crippen LogP contribution in [0.4, 0.5) is 23.0 Å². The molecule has 5 aromatic rings. The average molecular weight is 549 g/mol. The minimum Gasteiger partial charge on any atom is -0.276 e. The van der Waals surface area contributed by atoms with Gasteiger partial charge in [-0.2, -0.15) is 0 Å². The molecule has 2 aliphatic rings. The number of amides is 1. The van der Waals surface area contributed by atoms with E-state index in [1.165, 1.54) is 0 Å². The summed E-state index contributed by atoms with van der Waals surface area (Å²) in [5.41, 5.74) is 10.1. The Balaban J connectivity index is 1.55. The monoisotopic (exact) mass is 548 g/mol. The van der Waals surface area contributed by atoms with Crippen molar-refractivity contribution in [2.75, 3.05) is 9.80 Å². The molecule has 0 saturated carbocycles. The Hall–Kier alpha value is -5.43. The van der Waals surface area contributed by atoms with Gasteiger partial charge in [0.1, 0.15) is 5.82 Å². The largest absolute Gasteiger partial charge is 0.279 e. The first kappa shape index (κ1) is 25.5. The van der Waals surface area contributed by atoms with E-state index in [0.717, 1.165) is 67.7 Å². The molecule has 1 amide bonds. The summed E-state index contributed by atoms with van der Waals surface area (Å²) in [6.45, 7) is 8.48. The molecule has 0 N–H and O–H groups in total. The van der Waals surface area contributed by atoms with Gasteiger partial charge in [0.2, 0.25) is 0 Å². The molecule has 0 unspecified atom stereocenters. The molecule has 42 heavy (non-hydrogen) atoms. The molecule has 2 aromatic heterocycles. The van der Waals surface area contributed by atoms with Crippen LogP contribution in [-0.4, -0.2) is 27.1 Å². The van der Waals surface area contributed by atoms with Crippen molar-refractivity contribution in [2.24, 2.45) is 4.99 Å². The van der Waals surface area contributed by atoms with Crippen molar-refractivity contribution in [2.45, 2.75) is 27.7 Å². The van der Waals surface area contributed by atoms with Gasteiger partial charge in [-0.15, -0.1) is 0 Å². The fourth-order valence-corrected chi connectivity index (χ4v) is 5.86. The minimum absolute atomic E-state index is 0.286. The van der Waals surface area contributed by atoms with E-state index in [1.807, 2.05) is 30.3 Å². The summed E-state index contributed by atoms with van der Waals surface area (Å²) in [6.07, 6.45) is 7.32. The number of aryl methyl sites for hydroxylation is 4. The number of aromatic nitrogens is 3. The first-order valence-electron chi connectivity index (χ1n) is 13.9. The van der Waals surface area contributed by atoms with Gasteiger partial charge in [-0.25, -0.2) is 15.0 Å². The molecule has 0 spiro atoms. The van der Waals surface area contributed by atoms with Gasteiger partial charge in [-0.3, -0.25) is 19.6 Å². The van der Waals surface area contributed by atoms with Crippen molar-refractivity contribution < 1.29 is 4.79 Å². The zero-order chi connectivity index (χ0) is 29.0. The molecule has 7 heteroatoms. The summed E-state index contributed by atoms with van der Waals surface area (Å²) in [7, 11) is 0. The number of benzene rings is 3. The Morgan fingerprint density at radius 1 is 0.643 bits per heavy atom. The Morgan fingerprint density at radius 2 is 1.19 bits per heavy atom. The molecule has 0 fully saturated rings. The van der Waals surface area contributed by atoms with Gasteiger partial charge in [0, 0.05) is 18.0 Å². The van der Waals surface area contributed by atoms with Crippen molar-refractivity contribution >= 4 is 51.7 Å². The molecule has 0 saturated heterocycles. The number of fused-ring (bicyclic) bond motifs is 3. The van der Waals surface area contributed by atoms with Gasteiger partial charge in [-0.05, 0) is 86.4 Å². The molecule has 0 bridgehead atoms. The summed E-state index contributed by atoms with van der Waals surface area (Å²) in [5.74, 6) is 2.09. The number of hydrogen-bond acceptors (Lipinski definition) is 6. The quantitative estimate of drug-likeness (QED) is 0.230. The van der Waals surface area contributed by atoms with Crippen molar-refractivity contribution in [1.82, 2.24) is 15.0 Å². The van der Waals surface area contributed by atoms with Gasteiger partial charge < -0.3 is 0 Å². The zero-order valence-electron chi connectivity index (χ0n) is 23.8. The number of carbonyl (C=O) groups excluding carboxylic acids is 1. The molecule has 0 radical (unpaired) electrons. The smallest absolute Gasteiger partial charge is 0.276 e.